The van der Waals surface area contributed by atoms with Gasteiger partial charge in [0.15, 0.2) is 0 Å². The summed E-state index contributed by atoms with van der Waals surface area (Å²) in [5.41, 5.74) is 11.6. The Balaban J connectivity index is 2.36. The zero-order valence-corrected chi connectivity index (χ0v) is 10.6. The van der Waals surface area contributed by atoms with Crippen LogP contribution >= 0.6 is 11.6 Å². The van der Waals surface area contributed by atoms with Crippen molar-refractivity contribution in [2.75, 3.05) is 5.73 Å². The molecule has 1 aromatic heterocycles. The van der Waals surface area contributed by atoms with Crippen LogP contribution in [0.4, 0.5) is 5.69 Å². The molecule has 0 aliphatic heterocycles. The second-order valence-corrected chi connectivity index (χ2v) is 5.18. The van der Waals surface area contributed by atoms with Crippen molar-refractivity contribution in [1.29, 1.82) is 0 Å². The molecule has 88 valence electrons. The molecular formula is C14H15ClN2. The smallest absolute Gasteiger partial charge is 0.0741 e. The fourth-order valence-electron chi connectivity index (χ4n) is 2.59. The minimum Gasteiger partial charge on any atom is -0.398 e. The first kappa shape index (κ1) is 10.8. The first-order valence-corrected chi connectivity index (χ1v) is 6.41. The van der Waals surface area contributed by atoms with Gasteiger partial charge >= 0.3 is 0 Å². The van der Waals surface area contributed by atoms with Crippen molar-refractivity contribution in [2.45, 2.75) is 32.6 Å². The van der Waals surface area contributed by atoms with Gasteiger partial charge in [-0.1, -0.05) is 11.6 Å². The Labute approximate surface area is 106 Å². The molecule has 0 atom stereocenters. The molecule has 3 rings (SSSR count). The number of nitrogens with zero attached hydrogens (tertiary/aromatic N) is 1. The van der Waals surface area contributed by atoms with Gasteiger partial charge in [0.25, 0.3) is 0 Å². The Kier molecular flexibility index (Phi) is 2.48. The van der Waals surface area contributed by atoms with Gasteiger partial charge in [-0.25, -0.2) is 0 Å². The minimum absolute atomic E-state index is 0.764. The first-order chi connectivity index (χ1) is 8.16. The molecule has 0 bridgehead atoms. The van der Waals surface area contributed by atoms with E-state index in [1.807, 2.05) is 13.0 Å². The third kappa shape index (κ3) is 1.67. The standard InChI is InChI=1S/C14H15ClN2/c1-8-6-10-13(7-11(8)15)17-12-5-3-2-4-9(12)14(10)16/h6-7H,2-5H2,1H3,(H2,16,17). The number of aromatic nitrogens is 1. The number of aryl methyl sites for hydroxylation is 2. The normalized spacial score (nSPS) is 14.9. The molecule has 1 aliphatic rings. The van der Waals surface area contributed by atoms with E-state index in [0.29, 0.717) is 0 Å². The fraction of sp³-hybridized carbons (Fsp3) is 0.357. The molecule has 0 radical (unpaired) electrons. The summed E-state index contributed by atoms with van der Waals surface area (Å²) in [7, 11) is 0. The highest BCUT2D eigenvalue weighted by Crippen LogP contribution is 2.33. The number of hydrogen-bond donors (Lipinski definition) is 1. The maximum Gasteiger partial charge on any atom is 0.0741 e. The molecule has 1 aromatic carbocycles. The van der Waals surface area contributed by atoms with E-state index in [0.717, 1.165) is 40.0 Å². The Hall–Kier alpha value is -1.28. The highest BCUT2D eigenvalue weighted by atomic mass is 35.5. The second-order valence-electron chi connectivity index (χ2n) is 4.78. The van der Waals surface area contributed by atoms with Gasteiger partial charge in [0.05, 0.1) is 5.52 Å². The average Bonchev–Trinajstić information content (AvgIpc) is 2.32. The molecule has 2 nitrogen and oxygen atoms in total. The van der Waals surface area contributed by atoms with E-state index in [1.54, 1.807) is 0 Å². The van der Waals surface area contributed by atoms with Crippen LogP contribution in [0.3, 0.4) is 0 Å². The Bertz CT molecular complexity index is 605. The second kappa shape index (κ2) is 3.88. The predicted molar refractivity (Wildman–Crippen MR) is 72.5 cm³/mol. The lowest BCUT2D eigenvalue weighted by Crippen LogP contribution is -2.09. The quantitative estimate of drug-likeness (QED) is 0.771. The van der Waals surface area contributed by atoms with Crippen molar-refractivity contribution >= 4 is 28.2 Å². The molecule has 17 heavy (non-hydrogen) atoms. The lowest BCUT2D eigenvalue weighted by molar-refractivity contribution is 0.673. The van der Waals surface area contributed by atoms with Crippen LogP contribution in [-0.4, -0.2) is 4.98 Å². The third-order valence-corrected chi connectivity index (χ3v) is 3.99. The number of pyridine rings is 1. The summed E-state index contributed by atoms with van der Waals surface area (Å²) in [5.74, 6) is 0. The summed E-state index contributed by atoms with van der Waals surface area (Å²) < 4.78 is 0. The molecule has 1 heterocycles. The molecular weight excluding hydrogens is 232 g/mol. The van der Waals surface area contributed by atoms with Crippen LogP contribution in [0.1, 0.15) is 29.7 Å². The monoisotopic (exact) mass is 246 g/mol. The first-order valence-electron chi connectivity index (χ1n) is 6.04. The number of nitrogen functional groups attached to an aromatic ring is 1. The highest BCUT2D eigenvalue weighted by Gasteiger charge is 2.16. The number of anilines is 1. The van der Waals surface area contributed by atoms with E-state index in [4.69, 9.17) is 22.3 Å². The summed E-state index contributed by atoms with van der Waals surface area (Å²) in [4.78, 5) is 4.71. The maximum absolute atomic E-state index is 6.28. The van der Waals surface area contributed by atoms with E-state index in [2.05, 4.69) is 6.07 Å². The molecule has 3 heteroatoms. The summed E-state index contributed by atoms with van der Waals surface area (Å²) in [5, 5.41) is 1.81. The van der Waals surface area contributed by atoms with Crippen LogP contribution in [-0.2, 0) is 12.8 Å². The van der Waals surface area contributed by atoms with Crippen molar-refractivity contribution in [3.63, 3.8) is 0 Å². The summed E-state index contributed by atoms with van der Waals surface area (Å²) in [6.07, 6.45) is 4.54. The summed E-state index contributed by atoms with van der Waals surface area (Å²) in [6.45, 7) is 2.00. The lowest BCUT2D eigenvalue weighted by Gasteiger charge is -2.18. The number of hydrogen-bond acceptors (Lipinski definition) is 2. The van der Waals surface area contributed by atoms with Gasteiger partial charge in [-0.15, -0.1) is 0 Å². The molecule has 0 amide bonds. The fourth-order valence-corrected chi connectivity index (χ4v) is 2.75. The molecule has 0 unspecified atom stereocenters. The van der Waals surface area contributed by atoms with Gasteiger partial charge in [-0.05, 0) is 55.9 Å². The number of benzene rings is 1. The Morgan fingerprint density at radius 1 is 1.24 bits per heavy atom. The topological polar surface area (TPSA) is 38.9 Å². The van der Waals surface area contributed by atoms with Gasteiger partial charge in [0, 0.05) is 21.8 Å². The van der Waals surface area contributed by atoms with Crippen molar-refractivity contribution in [1.82, 2.24) is 4.98 Å². The predicted octanol–water partition coefficient (Wildman–Crippen LogP) is 3.66. The van der Waals surface area contributed by atoms with Crippen LogP contribution in [0.5, 0.6) is 0 Å². The molecule has 0 saturated carbocycles. The van der Waals surface area contributed by atoms with E-state index >= 15 is 0 Å². The van der Waals surface area contributed by atoms with Crippen LogP contribution in [0.2, 0.25) is 5.02 Å². The molecule has 2 aromatic rings. The number of halogens is 1. The maximum atomic E-state index is 6.28. The van der Waals surface area contributed by atoms with Crippen LogP contribution in [0.25, 0.3) is 10.9 Å². The van der Waals surface area contributed by atoms with E-state index in [9.17, 15) is 0 Å². The SMILES string of the molecule is Cc1cc2c(N)c3c(nc2cc1Cl)CCCC3. The molecule has 1 aliphatic carbocycles. The van der Waals surface area contributed by atoms with Gasteiger partial charge in [0.2, 0.25) is 0 Å². The van der Waals surface area contributed by atoms with Crippen LogP contribution < -0.4 is 5.73 Å². The zero-order chi connectivity index (χ0) is 12.0. The molecule has 0 spiro atoms. The zero-order valence-electron chi connectivity index (χ0n) is 9.89. The minimum atomic E-state index is 0.764. The van der Waals surface area contributed by atoms with Gasteiger partial charge in [-0.2, -0.15) is 0 Å². The number of nitrogens with two attached hydrogens (primary N) is 1. The van der Waals surface area contributed by atoms with Gasteiger partial charge in [0.1, 0.15) is 0 Å². The van der Waals surface area contributed by atoms with Gasteiger partial charge in [-0.3, -0.25) is 4.98 Å². The molecule has 2 N–H and O–H groups in total. The lowest BCUT2D eigenvalue weighted by atomic mass is 9.92. The van der Waals surface area contributed by atoms with Crippen LogP contribution in [0.15, 0.2) is 12.1 Å². The largest absolute Gasteiger partial charge is 0.398 e. The van der Waals surface area contributed by atoms with E-state index in [-0.39, 0.29) is 0 Å². The molecule has 0 saturated heterocycles. The Morgan fingerprint density at radius 3 is 2.82 bits per heavy atom. The van der Waals surface area contributed by atoms with Gasteiger partial charge < -0.3 is 5.73 Å². The third-order valence-electron chi connectivity index (χ3n) is 3.59. The van der Waals surface area contributed by atoms with Crippen molar-refractivity contribution in [3.05, 3.63) is 34.0 Å². The van der Waals surface area contributed by atoms with Crippen molar-refractivity contribution in [3.8, 4) is 0 Å². The highest BCUT2D eigenvalue weighted by molar-refractivity contribution is 6.32. The van der Waals surface area contributed by atoms with Crippen molar-refractivity contribution < 1.29 is 0 Å². The molecule has 0 fully saturated rings. The van der Waals surface area contributed by atoms with Crippen molar-refractivity contribution in [2.24, 2.45) is 0 Å². The number of rotatable bonds is 0. The van der Waals surface area contributed by atoms with E-state index in [1.165, 1.54) is 24.1 Å². The average molecular weight is 247 g/mol. The summed E-state index contributed by atoms with van der Waals surface area (Å²) in [6, 6.07) is 3.98. The van der Waals surface area contributed by atoms with Crippen LogP contribution in [0, 0.1) is 6.92 Å². The number of fused-ring (bicyclic) bond motifs is 2. The Morgan fingerprint density at radius 2 is 2.00 bits per heavy atom. The summed E-state index contributed by atoms with van der Waals surface area (Å²) >= 11 is 6.14. The van der Waals surface area contributed by atoms with E-state index < -0.39 is 0 Å².